The van der Waals surface area contributed by atoms with Crippen LogP contribution in [0, 0.1) is 0 Å². The van der Waals surface area contributed by atoms with Crippen LogP contribution < -0.4 is 0 Å². The molecule has 0 aromatic carbocycles. The van der Waals surface area contributed by atoms with Crippen LogP contribution in [0.4, 0.5) is 0 Å². The SMILES string of the molecule is Cn1cccc1[C@@H]1CCCN1S(=O)(=O)c1cccnc1Cl. The zero-order valence-electron chi connectivity index (χ0n) is 11.6. The Kier molecular flexibility index (Phi) is 3.77. The molecule has 2 aromatic rings. The highest BCUT2D eigenvalue weighted by Crippen LogP contribution is 2.37. The molecule has 0 amide bonds. The molecule has 0 bridgehead atoms. The van der Waals surface area contributed by atoms with Gasteiger partial charge in [-0.2, -0.15) is 4.31 Å². The Morgan fingerprint density at radius 2 is 2.14 bits per heavy atom. The van der Waals surface area contributed by atoms with Crippen LogP contribution in [-0.4, -0.2) is 28.8 Å². The fourth-order valence-electron chi connectivity index (χ4n) is 2.83. The molecule has 7 heteroatoms. The quantitative estimate of drug-likeness (QED) is 0.815. The van der Waals surface area contributed by atoms with E-state index in [4.69, 9.17) is 11.6 Å². The van der Waals surface area contributed by atoms with E-state index in [1.54, 1.807) is 6.07 Å². The van der Waals surface area contributed by atoms with Gasteiger partial charge in [-0.25, -0.2) is 13.4 Å². The zero-order valence-corrected chi connectivity index (χ0v) is 13.2. The van der Waals surface area contributed by atoms with Gasteiger partial charge in [0.05, 0.1) is 6.04 Å². The van der Waals surface area contributed by atoms with Crippen LogP contribution >= 0.6 is 11.6 Å². The Balaban J connectivity index is 2.03. The average molecular weight is 326 g/mol. The molecule has 0 N–H and O–H groups in total. The number of aromatic nitrogens is 2. The molecule has 1 fully saturated rings. The molecule has 1 saturated heterocycles. The predicted octanol–water partition coefficient (Wildman–Crippen LogP) is 2.60. The van der Waals surface area contributed by atoms with Crippen molar-refractivity contribution in [2.75, 3.05) is 6.54 Å². The van der Waals surface area contributed by atoms with Gasteiger partial charge in [-0.15, -0.1) is 0 Å². The third-order valence-corrected chi connectivity index (χ3v) is 6.19. The number of nitrogens with zero attached hydrogens (tertiary/aromatic N) is 3. The molecule has 0 aliphatic carbocycles. The summed E-state index contributed by atoms with van der Waals surface area (Å²) in [6.07, 6.45) is 5.07. The number of sulfonamides is 1. The predicted molar refractivity (Wildman–Crippen MR) is 80.5 cm³/mol. The van der Waals surface area contributed by atoms with E-state index >= 15 is 0 Å². The van der Waals surface area contributed by atoms with Crippen molar-refractivity contribution in [3.05, 3.63) is 47.5 Å². The van der Waals surface area contributed by atoms with Crippen LogP contribution in [0.2, 0.25) is 5.15 Å². The first kappa shape index (κ1) is 14.6. The van der Waals surface area contributed by atoms with E-state index in [0.717, 1.165) is 18.5 Å². The Morgan fingerprint density at radius 3 is 2.81 bits per heavy atom. The first-order chi connectivity index (χ1) is 10.0. The Morgan fingerprint density at radius 1 is 1.33 bits per heavy atom. The van der Waals surface area contributed by atoms with Crippen molar-refractivity contribution in [2.24, 2.45) is 7.05 Å². The third-order valence-electron chi connectivity index (χ3n) is 3.84. The van der Waals surface area contributed by atoms with Gasteiger partial charge in [0.1, 0.15) is 10.0 Å². The van der Waals surface area contributed by atoms with Crippen molar-refractivity contribution >= 4 is 21.6 Å². The van der Waals surface area contributed by atoms with Gasteiger partial charge < -0.3 is 4.57 Å². The second-order valence-electron chi connectivity index (χ2n) is 5.11. The average Bonchev–Trinajstić information content (AvgIpc) is 3.07. The summed E-state index contributed by atoms with van der Waals surface area (Å²) in [4.78, 5) is 3.95. The lowest BCUT2D eigenvalue weighted by atomic mass is 10.1. The smallest absolute Gasteiger partial charge is 0.246 e. The van der Waals surface area contributed by atoms with Gasteiger partial charge in [0, 0.05) is 31.7 Å². The van der Waals surface area contributed by atoms with Crippen molar-refractivity contribution in [1.29, 1.82) is 0 Å². The van der Waals surface area contributed by atoms with Crippen LogP contribution in [0.5, 0.6) is 0 Å². The maximum atomic E-state index is 12.9. The van der Waals surface area contributed by atoms with Gasteiger partial charge in [-0.3, -0.25) is 0 Å². The molecule has 0 unspecified atom stereocenters. The van der Waals surface area contributed by atoms with E-state index in [0.29, 0.717) is 6.54 Å². The van der Waals surface area contributed by atoms with E-state index < -0.39 is 10.0 Å². The van der Waals surface area contributed by atoms with Crippen LogP contribution in [-0.2, 0) is 17.1 Å². The van der Waals surface area contributed by atoms with Gasteiger partial charge in [0.15, 0.2) is 0 Å². The van der Waals surface area contributed by atoms with E-state index in [2.05, 4.69) is 4.98 Å². The molecule has 0 radical (unpaired) electrons. The summed E-state index contributed by atoms with van der Waals surface area (Å²) in [6, 6.07) is 6.84. The number of aryl methyl sites for hydroxylation is 1. The summed E-state index contributed by atoms with van der Waals surface area (Å²) in [5, 5.41) is 0.0232. The maximum absolute atomic E-state index is 12.9. The van der Waals surface area contributed by atoms with Crippen molar-refractivity contribution in [3.8, 4) is 0 Å². The molecule has 21 heavy (non-hydrogen) atoms. The number of halogens is 1. The van der Waals surface area contributed by atoms with Crippen molar-refractivity contribution in [3.63, 3.8) is 0 Å². The maximum Gasteiger partial charge on any atom is 0.246 e. The molecule has 3 heterocycles. The van der Waals surface area contributed by atoms with Gasteiger partial charge in [0.2, 0.25) is 10.0 Å². The summed E-state index contributed by atoms with van der Waals surface area (Å²) in [5.74, 6) is 0. The van der Waals surface area contributed by atoms with Crippen LogP contribution in [0.25, 0.3) is 0 Å². The molecule has 0 saturated carbocycles. The number of hydrogen-bond acceptors (Lipinski definition) is 3. The lowest BCUT2D eigenvalue weighted by Crippen LogP contribution is -2.31. The number of rotatable bonds is 3. The number of pyridine rings is 1. The highest BCUT2D eigenvalue weighted by molar-refractivity contribution is 7.89. The lowest BCUT2D eigenvalue weighted by Gasteiger charge is -2.24. The lowest BCUT2D eigenvalue weighted by molar-refractivity contribution is 0.384. The second kappa shape index (κ2) is 5.44. The van der Waals surface area contributed by atoms with Crippen LogP contribution in [0.1, 0.15) is 24.6 Å². The summed E-state index contributed by atoms with van der Waals surface area (Å²) >= 11 is 5.97. The molecule has 1 atom stereocenters. The molecule has 1 aliphatic rings. The Bertz CT molecular complexity index is 757. The molecule has 2 aromatic heterocycles. The van der Waals surface area contributed by atoms with Gasteiger partial charge >= 0.3 is 0 Å². The number of hydrogen-bond donors (Lipinski definition) is 0. The highest BCUT2D eigenvalue weighted by atomic mass is 35.5. The summed E-state index contributed by atoms with van der Waals surface area (Å²) in [6.45, 7) is 0.503. The minimum absolute atomic E-state index is 0.0232. The zero-order chi connectivity index (χ0) is 15.0. The topological polar surface area (TPSA) is 55.2 Å². The van der Waals surface area contributed by atoms with Crippen LogP contribution in [0.3, 0.4) is 0 Å². The molecule has 0 spiro atoms. The summed E-state index contributed by atoms with van der Waals surface area (Å²) in [7, 11) is -1.71. The van der Waals surface area contributed by atoms with E-state index in [1.807, 2.05) is 29.9 Å². The van der Waals surface area contributed by atoms with Gasteiger partial charge in [-0.1, -0.05) is 11.6 Å². The van der Waals surface area contributed by atoms with Crippen molar-refractivity contribution in [2.45, 2.75) is 23.8 Å². The first-order valence-corrected chi connectivity index (χ1v) is 8.57. The Hall–Kier alpha value is -1.37. The normalized spacial score (nSPS) is 20.0. The second-order valence-corrected chi connectivity index (χ2v) is 7.33. The van der Waals surface area contributed by atoms with Crippen molar-refractivity contribution in [1.82, 2.24) is 13.9 Å². The molecule has 5 nitrogen and oxygen atoms in total. The third kappa shape index (κ3) is 2.47. The summed E-state index contributed by atoms with van der Waals surface area (Å²) in [5.41, 5.74) is 0.996. The van der Waals surface area contributed by atoms with E-state index in [9.17, 15) is 8.42 Å². The van der Waals surface area contributed by atoms with Crippen molar-refractivity contribution < 1.29 is 8.42 Å². The first-order valence-electron chi connectivity index (χ1n) is 6.75. The Labute approximate surface area is 129 Å². The van der Waals surface area contributed by atoms with Crippen LogP contribution in [0.15, 0.2) is 41.6 Å². The highest BCUT2D eigenvalue weighted by Gasteiger charge is 2.38. The fourth-order valence-corrected chi connectivity index (χ4v) is 4.93. The molecular formula is C14H16ClN3O2S. The van der Waals surface area contributed by atoms with E-state index in [1.165, 1.54) is 16.6 Å². The van der Waals surface area contributed by atoms with E-state index in [-0.39, 0.29) is 16.1 Å². The monoisotopic (exact) mass is 325 g/mol. The molecule has 1 aliphatic heterocycles. The molecule has 112 valence electrons. The van der Waals surface area contributed by atoms with Gasteiger partial charge in [-0.05, 0) is 37.1 Å². The minimum atomic E-state index is -3.64. The molecule has 3 rings (SSSR count). The summed E-state index contributed by atoms with van der Waals surface area (Å²) < 4.78 is 29.2. The minimum Gasteiger partial charge on any atom is -0.353 e. The van der Waals surface area contributed by atoms with Gasteiger partial charge in [0.25, 0.3) is 0 Å². The largest absolute Gasteiger partial charge is 0.353 e. The standard InChI is InChI=1S/C14H16ClN3O2S/c1-17-9-3-5-11(17)12-6-4-10-18(12)21(19,20)13-7-2-8-16-14(13)15/h2-3,5,7-9,12H,4,6,10H2,1H3/t12-/m0/s1. The molecular weight excluding hydrogens is 310 g/mol. The fraction of sp³-hybridized carbons (Fsp3) is 0.357.